The minimum Gasteiger partial charge on any atom is -0.481 e. The van der Waals surface area contributed by atoms with Gasteiger partial charge in [0.2, 0.25) is 0 Å². The number of carbonyl (C=O) groups is 1. The highest BCUT2D eigenvalue weighted by molar-refractivity contribution is 7.90. The number of aliphatic carboxylic acids is 1. The highest BCUT2D eigenvalue weighted by atomic mass is 32.2. The van der Waals surface area contributed by atoms with Crippen LogP contribution in [-0.2, 0) is 14.6 Å². The number of hydrogen-bond donors (Lipinski definition) is 1. The van der Waals surface area contributed by atoms with Crippen molar-refractivity contribution in [1.29, 1.82) is 0 Å². The quantitative estimate of drug-likeness (QED) is 0.355. The minimum atomic E-state index is -3.22. The Balaban J connectivity index is 1.37. The number of sulfone groups is 1. The molecule has 5 aliphatic carbocycles. The molecule has 0 aliphatic heterocycles. The number of rotatable bonds is 4. The number of carboxylic acids is 1. The number of benzene rings is 1. The van der Waals surface area contributed by atoms with Crippen molar-refractivity contribution in [2.45, 2.75) is 104 Å². The van der Waals surface area contributed by atoms with Gasteiger partial charge in [-0.25, -0.2) is 8.42 Å². The molecule has 0 radical (unpaired) electrons. The number of carboxylic acid groups (broad SMARTS) is 1. The van der Waals surface area contributed by atoms with Crippen LogP contribution >= 0.6 is 0 Å². The molecule has 4 saturated carbocycles. The van der Waals surface area contributed by atoms with Crippen molar-refractivity contribution in [1.82, 2.24) is 0 Å². The Hall–Kier alpha value is -1.88. The topological polar surface area (TPSA) is 71.4 Å². The van der Waals surface area contributed by atoms with Crippen LogP contribution in [0.25, 0.3) is 5.57 Å². The van der Waals surface area contributed by atoms with Gasteiger partial charge >= 0.3 is 5.97 Å². The first-order chi connectivity index (χ1) is 19.4. The second-order valence-corrected chi connectivity index (χ2v) is 18.5. The predicted octanol–water partition coefficient (Wildman–Crippen LogP) is 8.83. The number of hydrogen-bond acceptors (Lipinski definition) is 3. The average Bonchev–Trinajstić information content (AvgIpc) is 3.30. The maximum Gasteiger partial charge on any atom is 0.309 e. The molecule has 9 unspecified atom stereocenters. The van der Waals surface area contributed by atoms with E-state index in [9.17, 15) is 18.3 Å². The van der Waals surface area contributed by atoms with Crippen LogP contribution in [0.15, 0.2) is 47.4 Å². The molecule has 4 fully saturated rings. The summed E-state index contributed by atoms with van der Waals surface area (Å²) in [5.74, 6) is 1.54. The van der Waals surface area contributed by atoms with Crippen LogP contribution in [0.5, 0.6) is 0 Å². The number of fused-ring (bicyclic) bond motifs is 7. The van der Waals surface area contributed by atoms with Gasteiger partial charge in [0, 0.05) is 6.26 Å². The van der Waals surface area contributed by atoms with E-state index in [4.69, 9.17) is 0 Å². The molecule has 1 aromatic carbocycles. The predicted molar refractivity (Wildman–Crippen MR) is 170 cm³/mol. The van der Waals surface area contributed by atoms with Gasteiger partial charge in [0.05, 0.1) is 10.3 Å². The Bertz CT molecular complexity index is 1450. The van der Waals surface area contributed by atoms with Gasteiger partial charge in [-0.1, -0.05) is 65.0 Å². The molecule has 6 rings (SSSR count). The lowest BCUT2D eigenvalue weighted by Gasteiger charge is -2.72. The standard InChI is InChI=1S/C37H52O4S/c1-23(2)26-15-20-37(32(38)39)22-21-35(6)28(31(26)37)13-14-30-34(5)18-16-27(24-9-11-25(12-10-24)42(8,40)41)33(3,4)29(34)17-19-36(30,35)7/h9-12,16,26,28-31H,1,13-15,17-22H2,2-8H3,(H,38,39). The zero-order valence-electron chi connectivity index (χ0n) is 26.9. The molecule has 4 nitrogen and oxygen atoms in total. The Morgan fingerprint density at radius 1 is 0.881 bits per heavy atom. The Kier molecular flexibility index (Phi) is 6.69. The van der Waals surface area contributed by atoms with Gasteiger partial charge in [-0.2, -0.15) is 0 Å². The van der Waals surface area contributed by atoms with Crippen molar-refractivity contribution >= 4 is 21.4 Å². The largest absolute Gasteiger partial charge is 0.481 e. The summed E-state index contributed by atoms with van der Waals surface area (Å²) in [6, 6.07) is 7.53. The maximum absolute atomic E-state index is 12.9. The summed E-state index contributed by atoms with van der Waals surface area (Å²) in [4.78, 5) is 13.3. The molecule has 0 bridgehead atoms. The van der Waals surface area contributed by atoms with E-state index in [1.165, 1.54) is 36.7 Å². The average molecular weight is 593 g/mol. The molecule has 9 atom stereocenters. The van der Waals surface area contributed by atoms with Crippen LogP contribution in [-0.4, -0.2) is 25.7 Å². The number of allylic oxidation sites excluding steroid dienone is 3. The maximum atomic E-state index is 12.9. The van der Waals surface area contributed by atoms with Gasteiger partial charge in [0.25, 0.3) is 0 Å². The smallest absolute Gasteiger partial charge is 0.309 e. The highest BCUT2D eigenvalue weighted by Crippen LogP contribution is 2.77. The van der Waals surface area contributed by atoms with Gasteiger partial charge in [-0.05, 0) is 139 Å². The first kappa shape index (κ1) is 30.2. The molecular formula is C37H52O4S. The van der Waals surface area contributed by atoms with E-state index in [1.807, 2.05) is 12.1 Å². The van der Waals surface area contributed by atoms with Gasteiger partial charge in [0.1, 0.15) is 0 Å². The first-order valence-corrected chi connectivity index (χ1v) is 18.2. The van der Waals surface area contributed by atoms with E-state index in [0.717, 1.165) is 44.1 Å². The molecule has 1 N–H and O–H groups in total. The summed E-state index contributed by atoms with van der Waals surface area (Å²) in [5, 5.41) is 10.6. The van der Waals surface area contributed by atoms with Gasteiger partial charge in [-0.15, -0.1) is 0 Å². The third kappa shape index (κ3) is 3.83. The van der Waals surface area contributed by atoms with Crippen LogP contribution < -0.4 is 0 Å². The normalized spacial score (nSPS) is 44.2. The Labute approximate surface area is 254 Å². The van der Waals surface area contributed by atoms with Crippen LogP contribution in [0.2, 0.25) is 0 Å². The molecule has 5 aliphatic rings. The SMILES string of the molecule is C=C(C)C1CCC2(C(=O)O)CCC3(C)C(CCC4C5(C)CC=C(c6ccc(S(C)(=O)=O)cc6)C(C)(C)C5CCC43C)C12. The summed E-state index contributed by atoms with van der Waals surface area (Å²) in [7, 11) is -3.22. The molecule has 5 heteroatoms. The van der Waals surface area contributed by atoms with Crippen molar-refractivity contribution in [2.75, 3.05) is 6.26 Å². The van der Waals surface area contributed by atoms with E-state index in [2.05, 4.69) is 54.2 Å². The molecule has 0 spiro atoms. The summed E-state index contributed by atoms with van der Waals surface area (Å²) >= 11 is 0. The van der Waals surface area contributed by atoms with Gasteiger partial charge in [0.15, 0.2) is 9.84 Å². The molecule has 0 aromatic heterocycles. The molecule has 0 amide bonds. The summed E-state index contributed by atoms with van der Waals surface area (Å²) in [6.07, 6.45) is 13.1. The van der Waals surface area contributed by atoms with Crippen molar-refractivity contribution in [3.63, 3.8) is 0 Å². The molecule has 42 heavy (non-hydrogen) atoms. The van der Waals surface area contributed by atoms with Crippen molar-refractivity contribution in [3.05, 3.63) is 48.1 Å². The minimum absolute atomic E-state index is 0.0276. The third-order valence-electron chi connectivity index (χ3n) is 14.7. The summed E-state index contributed by atoms with van der Waals surface area (Å²) < 4.78 is 24.2. The van der Waals surface area contributed by atoms with Crippen LogP contribution in [0.3, 0.4) is 0 Å². The fourth-order valence-corrected chi connectivity index (χ4v) is 13.1. The Morgan fingerprint density at radius 3 is 2.14 bits per heavy atom. The zero-order chi connectivity index (χ0) is 30.7. The van der Waals surface area contributed by atoms with E-state index >= 15 is 0 Å². The summed E-state index contributed by atoms with van der Waals surface area (Å²) in [6.45, 7) is 19.1. The fourth-order valence-electron chi connectivity index (χ4n) is 12.5. The monoisotopic (exact) mass is 592 g/mol. The van der Waals surface area contributed by atoms with Gasteiger partial charge < -0.3 is 5.11 Å². The zero-order valence-corrected chi connectivity index (χ0v) is 27.7. The Morgan fingerprint density at radius 2 is 1.55 bits per heavy atom. The van der Waals surface area contributed by atoms with Crippen LogP contribution in [0.1, 0.15) is 105 Å². The molecule has 1 aromatic rings. The van der Waals surface area contributed by atoms with Crippen molar-refractivity contribution in [3.8, 4) is 0 Å². The van der Waals surface area contributed by atoms with E-state index < -0.39 is 21.2 Å². The lowest BCUT2D eigenvalue weighted by Crippen LogP contribution is -2.65. The van der Waals surface area contributed by atoms with Crippen LogP contribution in [0.4, 0.5) is 0 Å². The van der Waals surface area contributed by atoms with E-state index in [-0.39, 0.29) is 27.6 Å². The van der Waals surface area contributed by atoms with Crippen molar-refractivity contribution < 1.29 is 18.3 Å². The van der Waals surface area contributed by atoms with E-state index in [1.54, 1.807) is 12.1 Å². The fraction of sp³-hybridized carbons (Fsp3) is 0.703. The van der Waals surface area contributed by atoms with Crippen LogP contribution in [0, 0.1) is 56.7 Å². The highest BCUT2D eigenvalue weighted by Gasteiger charge is 2.71. The van der Waals surface area contributed by atoms with Crippen molar-refractivity contribution in [2.24, 2.45) is 56.7 Å². The lowest BCUT2D eigenvalue weighted by molar-refractivity contribution is -0.227. The van der Waals surface area contributed by atoms with Gasteiger partial charge in [-0.3, -0.25) is 4.79 Å². The molecule has 230 valence electrons. The molecule has 0 saturated heterocycles. The molecular weight excluding hydrogens is 540 g/mol. The summed E-state index contributed by atoms with van der Waals surface area (Å²) in [5.41, 5.74) is 3.55. The first-order valence-electron chi connectivity index (χ1n) is 16.3. The lowest BCUT2D eigenvalue weighted by atomic mass is 9.32. The second kappa shape index (κ2) is 9.31. The third-order valence-corrected chi connectivity index (χ3v) is 15.8. The van der Waals surface area contributed by atoms with E-state index in [0.29, 0.717) is 28.6 Å². The molecule has 0 heterocycles. The second-order valence-electron chi connectivity index (χ2n) is 16.5.